The Hall–Kier alpha value is -1.84. The Morgan fingerprint density at radius 2 is 1.82 bits per heavy atom. The predicted molar refractivity (Wildman–Crippen MR) is 87.2 cm³/mol. The quantitative estimate of drug-likeness (QED) is 0.842. The summed E-state index contributed by atoms with van der Waals surface area (Å²) in [5.74, 6) is 0.0577. The fourth-order valence-electron chi connectivity index (χ4n) is 2.59. The number of rotatable bonds is 2. The predicted octanol–water partition coefficient (Wildman–Crippen LogP) is 3.86. The summed E-state index contributed by atoms with van der Waals surface area (Å²) in [6.45, 7) is 3.75. The maximum atomic E-state index is 12.6. The molecule has 1 saturated heterocycles. The van der Waals surface area contributed by atoms with Gasteiger partial charge in [0.15, 0.2) is 0 Å². The lowest BCUT2D eigenvalue weighted by Crippen LogP contribution is -2.42. The molecule has 0 aliphatic carbocycles. The summed E-state index contributed by atoms with van der Waals surface area (Å²) in [6.07, 6.45) is -0.0968. The monoisotopic (exact) mass is 315 g/mol. The molecule has 3 nitrogen and oxygen atoms in total. The second-order valence-corrected chi connectivity index (χ2v) is 5.96. The van der Waals surface area contributed by atoms with Crippen molar-refractivity contribution in [1.82, 2.24) is 4.90 Å². The summed E-state index contributed by atoms with van der Waals surface area (Å²) in [5.41, 5.74) is 2.92. The molecule has 0 spiro atoms. The number of halogens is 1. The van der Waals surface area contributed by atoms with Crippen LogP contribution in [0.2, 0.25) is 5.02 Å². The first-order chi connectivity index (χ1) is 10.6. The molecule has 1 aliphatic heterocycles. The van der Waals surface area contributed by atoms with Gasteiger partial charge in [0, 0.05) is 17.1 Å². The molecule has 2 aromatic carbocycles. The number of ether oxygens (including phenoxy) is 1. The average molecular weight is 316 g/mol. The van der Waals surface area contributed by atoms with Crippen molar-refractivity contribution in [2.45, 2.75) is 13.0 Å². The van der Waals surface area contributed by atoms with E-state index >= 15 is 0 Å². The minimum absolute atomic E-state index is 0.0577. The van der Waals surface area contributed by atoms with Gasteiger partial charge in [-0.3, -0.25) is 4.79 Å². The van der Waals surface area contributed by atoms with Gasteiger partial charge in [-0.2, -0.15) is 0 Å². The second-order valence-electron chi connectivity index (χ2n) is 5.53. The highest BCUT2D eigenvalue weighted by atomic mass is 35.5. The molecule has 1 aliphatic rings. The third-order valence-corrected chi connectivity index (χ3v) is 4.15. The number of aryl methyl sites for hydroxylation is 1. The van der Waals surface area contributed by atoms with Crippen molar-refractivity contribution in [3.8, 4) is 0 Å². The summed E-state index contributed by atoms with van der Waals surface area (Å²) in [6, 6.07) is 15.3. The summed E-state index contributed by atoms with van der Waals surface area (Å²) in [4.78, 5) is 14.4. The van der Waals surface area contributed by atoms with Crippen LogP contribution >= 0.6 is 11.6 Å². The Labute approximate surface area is 135 Å². The Kier molecular flexibility index (Phi) is 4.46. The molecule has 1 atom stereocenters. The van der Waals surface area contributed by atoms with E-state index in [0.717, 1.165) is 16.7 Å². The SMILES string of the molecule is Cc1ccc(C(=O)N2CCOC(c3ccc(Cl)cc3)C2)cc1. The van der Waals surface area contributed by atoms with Crippen LogP contribution in [-0.2, 0) is 4.74 Å². The molecule has 1 fully saturated rings. The van der Waals surface area contributed by atoms with E-state index in [1.807, 2.05) is 60.4 Å². The van der Waals surface area contributed by atoms with Gasteiger partial charge < -0.3 is 9.64 Å². The molecule has 0 saturated carbocycles. The van der Waals surface area contributed by atoms with Gasteiger partial charge >= 0.3 is 0 Å². The zero-order valence-corrected chi connectivity index (χ0v) is 13.2. The van der Waals surface area contributed by atoms with Gasteiger partial charge in [-0.25, -0.2) is 0 Å². The Morgan fingerprint density at radius 3 is 2.50 bits per heavy atom. The van der Waals surface area contributed by atoms with Crippen molar-refractivity contribution in [2.24, 2.45) is 0 Å². The van der Waals surface area contributed by atoms with Crippen molar-refractivity contribution in [2.75, 3.05) is 19.7 Å². The van der Waals surface area contributed by atoms with Crippen LogP contribution in [0.5, 0.6) is 0 Å². The Bertz CT molecular complexity index is 652. The van der Waals surface area contributed by atoms with E-state index in [1.54, 1.807) is 0 Å². The normalized spacial score (nSPS) is 18.3. The molecule has 1 heterocycles. The molecular formula is C18H18ClNO2. The maximum absolute atomic E-state index is 12.6. The van der Waals surface area contributed by atoms with Gasteiger partial charge in [-0.15, -0.1) is 0 Å². The van der Waals surface area contributed by atoms with E-state index in [0.29, 0.717) is 24.7 Å². The number of hydrogen-bond donors (Lipinski definition) is 0. The van der Waals surface area contributed by atoms with E-state index < -0.39 is 0 Å². The molecule has 0 aromatic heterocycles. The van der Waals surface area contributed by atoms with Crippen LogP contribution in [0.15, 0.2) is 48.5 Å². The summed E-state index contributed by atoms with van der Waals surface area (Å²) in [5, 5.41) is 0.701. The van der Waals surface area contributed by atoms with Crippen LogP contribution in [0.3, 0.4) is 0 Å². The molecule has 1 amide bonds. The molecular weight excluding hydrogens is 298 g/mol. The molecule has 0 bridgehead atoms. The topological polar surface area (TPSA) is 29.5 Å². The molecule has 22 heavy (non-hydrogen) atoms. The first-order valence-corrected chi connectivity index (χ1v) is 7.74. The molecule has 2 aromatic rings. The number of morpholine rings is 1. The zero-order valence-electron chi connectivity index (χ0n) is 12.5. The second kappa shape index (κ2) is 6.51. The molecule has 3 rings (SSSR count). The third-order valence-electron chi connectivity index (χ3n) is 3.89. The van der Waals surface area contributed by atoms with E-state index in [2.05, 4.69) is 0 Å². The fourth-order valence-corrected chi connectivity index (χ4v) is 2.72. The number of carbonyl (C=O) groups excluding carboxylic acids is 1. The Morgan fingerprint density at radius 1 is 1.14 bits per heavy atom. The minimum atomic E-state index is -0.0968. The van der Waals surface area contributed by atoms with Crippen molar-refractivity contribution in [3.63, 3.8) is 0 Å². The third kappa shape index (κ3) is 3.32. The van der Waals surface area contributed by atoms with Crippen LogP contribution < -0.4 is 0 Å². The summed E-state index contributed by atoms with van der Waals surface area (Å²) in [7, 11) is 0. The average Bonchev–Trinajstić information content (AvgIpc) is 2.56. The van der Waals surface area contributed by atoms with Gasteiger partial charge in [0.25, 0.3) is 5.91 Å². The molecule has 4 heteroatoms. The lowest BCUT2D eigenvalue weighted by atomic mass is 10.1. The van der Waals surface area contributed by atoms with Crippen molar-refractivity contribution < 1.29 is 9.53 Å². The van der Waals surface area contributed by atoms with Crippen LogP contribution in [0.1, 0.15) is 27.6 Å². The van der Waals surface area contributed by atoms with E-state index in [9.17, 15) is 4.79 Å². The lowest BCUT2D eigenvalue weighted by molar-refractivity contribution is -0.0228. The van der Waals surface area contributed by atoms with Gasteiger partial charge in [0.2, 0.25) is 0 Å². The first kappa shape index (κ1) is 15.1. The number of nitrogens with zero attached hydrogens (tertiary/aromatic N) is 1. The van der Waals surface area contributed by atoms with Gasteiger partial charge in [0.05, 0.1) is 13.2 Å². The molecule has 114 valence electrons. The van der Waals surface area contributed by atoms with E-state index in [1.165, 1.54) is 0 Å². The number of amides is 1. The maximum Gasteiger partial charge on any atom is 0.254 e. The van der Waals surface area contributed by atoms with Crippen molar-refractivity contribution >= 4 is 17.5 Å². The number of carbonyl (C=O) groups is 1. The minimum Gasteiger partial charge on any atom is -0.370 e. The van der Waals surface area contributed by atoms with Crippen LogP contribution in [0, 0.1) is 6.92 Å². The van der Waals surface area contributed by atoms with Gasteiger partial charge in [-0.05, 0) is 36.8 Å². The Balaban J connectivity index is 1.73. The standard InChI is InChI=1S/C18H18ClNO2/c1-13-2-4-15(5-3-13)18(21)20-10-11-22-17(12-20)14-6-8-16(19)9-7-14/h2-9,17H,10-12H2,1H3. The van der Waals surface area contributed by atoms with E-state index in [-0.39, 0.29) is 12.0 Å². The largest absolute Gasteiger partial charge is 0.370 e. The fraction of sp³-hybridized carbons (Fsp3) is 0.278. The zero-order chi connectivity index (χ0) is 15.5. The van der Waals surface area contributed by atoms with Crippen LogP contribution in [0.25, 0.3) is 0 Å². The van der Waals surface area contributed by atoms with Crippen LogP contribution in [0.4, 0.5) is 0 Å². The first-order valence-electron chi connectivity index (χ1n) is 7.36. The van der Waals surface area contributed by atoms with Crippen LogP contribution in [-0.4, -0.2) is 30.5 Å². The summed E-state index contributed by atoms with van der Waals surface area (Å²) >= 11 is 5.92. The highest BCUT2D eigenvalue weighted by molar-refractivity contribution is 6.30. The highest BCUT2D eigenvalue weighted by Gasteiger charge is 2.26. The highest BCUT2D eigenvalue weighted by Crippen LogP contribution is 2.24. The van der Waals surface area contributed by atoms with Crippen molar-refractivity contribution in [1.29, 1.82) is 0 Å². The van der Waals surface area contributed by atoms with Crippen molar-refractivity contribution in [3.05, 3.63) is 70.2 Å². The van der Waals surface area contributed by atoms with Gasteiger partial charge in [0.1, 0.15) is 6.10 Å². The van der Waals surface area contributed by atoms with Gasteiger partial charge in [-0.1, -0.05) is 41.4 Å². The molecule has 0 N–H and O–H groups in total. The molecule has 1 unspecified atom stereocenters. The smallest absolute Gasteiger partial charge is 0.254 e. The summed E-state index contributed by atoms with van der Waals surface area (Å²) < 4.78 is 5.80. The number of hydrogen-bond acceptors (Lipinski definition) is 2. The number of benzene rings is 2. The van der Waals surface area contributed by atoms with E-state index in [4.69, 9.17) is 16.3 Å². The molecule has 0 radical (unpaired) electrons. The lowest BCUT2D eigenvalue weighted by Gasteiger charge is -2.33.